The maximum absolute atomic E-state index is 12.5. The first-order chi connectivity index (χ1) is 9.51. The fourth-order valence-corrected chi connectivity index (χ4v) is 1.88. The van der Waals surface area contributed by atoms with Gasteiger partial charge in [0.2, 0.25) is 0 Å². The van der Waals surface area contributed by atoms with Crippen LogP contribution in [0, 0.1) is 6.92 Å². The van der Waals surface area contributed by atoms with Crippen molar-refractivity contribution in [2.45, 2.75) is 33.2 Å². The van der Waals surface area contributed by atoms with Crippen LogP contribution >= 0.6 is 0 Å². The summed E-state index contributed by atoms with van der Waals surface area (Å²) in [4.78, 5) is 18.5. The minimum Gasteiger partial charge on any atom is -0.384 e. The molecule has 5 heteroatoms. The molecule has 0 aromatic carbocycles. The summed E-state index contributed by atoms with van der Waals surface area (Å²) in [5, 5.41) is 3.29. The van der Waals surface area contributed by atoms with Crippen LogP contribution in [0.3, 0.4) is 0 Å². The maximum Gasteiger partial charge on any atom is 0.257 e. The molecule has 1 aromatic rings. The van der Waals surface area contributed by atoms with Gasteiger partial charge in [-0.15, -0.1) is 0 Å². The van der Waals surface area contributed by atoms with Gasteiger partial charge >= 0.3 is 0 Å². The Morgan fingerprint density at radius 1 is 1.55 bits per heavy atom. The standard InChI is InChI=1S/C15H25N3O2/c1-6-7-16-14-8-11(2)17-9-13(14)15(19)18(4)12(3)10-20-5/h8-9,12H,6-7,10H2,1-5H3,(H,16,17). The van der Waals surface area contributed by atoms with Crippen molar-refractivity contribution in [2.75, 3.05) is 32.6 Å². The molecule has 1 aromatic heterocycles. The van der Waals surface area contributed by atoms with Crippen molar-refractivity contribution in [2.24, 2.45) is 0 Å². The van der Waals surface area contributed by atoms with E-state index in [-0.39, 0.29) is 11.9 Å². The number of rotatable bonds is 7. The Morgan fingerprint density at radius 2 is 2.25 bits per heavy atom. The van der Waals surface area contributed by atoms with E-state index >= 15 is 0 Å². The summed E-state index contributed by atoms with van der Waals surface area (Å²) in [6.45, 7) is 7.32. The zero-order valence-corrected chi connectivity index (χ0v) is 13.1. The highest BCUT2D eigenvalue weighted by molar-refractivity contribution is 5.99. The largest absolute Gasteiger partial charge is 0.384 e. The van der Waals surface area contributed by atoms with E-state index in [2.05, 4.69) is 17.2 Å². The highest BCUT2D eigenvalue weighted by Crippen LogP contribution is 2.18. The molecule has 0 spiro atoms. The van der Waals surface area contributed by atoms with Gasteiger partial charge in [0.15, 0.2) is 0 Å². The first-order valence-corrected chi connectivity index (χ1v) is 6.97. The first kappa shape index (κ1) is 16.4. The van der Waals surface area contributed by atoms with E-state index in [1.165, 1.54) is 0 Å². The van der Waals surface area contributed by atoms with E-state index < -0.39 is 0 Å². The molecular formula is C15H25N3O2. The van der Waals surface area contributed by atoms with Gasteiger partial charge in [0, 0.05) is 32.6 Å². The number of carbonyl (C=O) groups is 1. The number of carbonyl (C=O) groups excluding carboxylic acids is 1. The topological polar surface area (TPSA) is 54.5 Å². The van der Waals surface area contributed by atoms with E-state index in [0.29, 0.717) is 12.2 Å². The van der Waals surface area contributed by atoms with Gasteiger partial charge in [-0.05, 0) is 26.3 Å². The normalized spacial score (nSPS) is 12.1. The molecule has 1 atom stereocenters. The number of hydrogen-bond donors (Lipinski definition) is 1. The average molecular weight is 279 g/mol. The van der Waals surface area contributed by atoms with Gasteiger partial charge in [0.1, 0.15) is 0 Å². The Labute approximate surface area is 121 Å². The summed E-state index contributed by atoms with van der Waals surface area (Å²) in [5.41, 5.74) is 2.35. The third kappa shape index (κ3) is 4.20. The Kier molecular flexibility index (Phi) is 6.45. The molecule has 0 saturated heterocycles. The molecule has 5 nitrogen and oxygen atoms in total. The number of anilines is 1. The van der Waals surface area contributed by atoms with E-state index in [9.17, 15) is 4.79 Å². The monoisotopic (exact) mass is 279 g/mol. The van der Waals surface area contributed by atoms with Crippen LogP contribution in [0.2, 0.25) is 0 Å². The van der Waals surface area contributed by atoms with Crippen molar-refractivity contribution < 1.29 is 9.53 Å². The SMILES string of the molecule is CCCNc1cc(C)ncc1C(=O)N(C)C(C)COC. The number of likely N-dealkylation sites (N-methyl/N-ethyl adjacent to an activating group) is 1. The second kappa shape index (κ2) is 7.85. The molecule has 0 radical (unpaired) electrons. The van der Waals surface area contributed by atoms with E-state index in [4.69, 9.17) is 4.74 Å². The molecular weight excluding hydrogens is 254 g/mol. The molecule has 112 valence electrons. The second-order valence-corrected chi connectivity index (χ2v) is 5.02. The van der Waals surface area contributed by atoms with Gasteiger partial charge in [-0.1, -0.05) is 6.92 Å². The summed E-state index contributed by atoms with van der Waals surface area (Å²) in [7, 11) is 3.42. The minimum atomic E-state index is -0.0411. The molecule has 1 amide bonds. The number of hydrogen-bond acceptors (Lipinski definition) is 4. The second-order valence-electron chi connectivity index (χ2n) is 5.02. The highest BCUT2D eigenvalue weighted by Gasteiger charge is 2.20. The van der Waals surface area contributed by atoms with Crippen LogP contribution in [0.25, 0.3) is 0 Å². The number of amides is 1. The molecule has 0 bridgehead atoms. The Balaban J connectivity index is 2.96. The summed E-state index contributed by atoms with van der Waals surface area (Å²) in [5.74, 6) is -0.0411. The van der Waals surface area contributed by atoms with Crippen LogP contribution in [0.15, 0.2) is 12.3 Å². The van der Waals surface area contributed by atoms with Crippen LogP contribution in [0.5, 0.6) is 0 Å². The third-order valence-corrected chi connectivity index (χ3v) is 3.23. The Hall–Kier alpha value is -1.62. The van der Waals surface area contributed by atoms with Gasteiger partial charge in [-0.2, -0.15) is 0 Å². The van der Waals surface area contributed by atoms with Crippen molar-refractivity contribution in [3.63, 3.8) is 0 Å². The summed E-state index contributed by atoms with van der Waals surface area (Å²) >= 11 is 0. The number of ether oxygens (including phenoxy) is 1. The molecule has 0 fully saturated rings. The molecule has 1 unspecified atom stereocenters. The Bertz CT molecular complexity index is 449. The van der Waals surface area contributed by atoms with Crippen LogP contribution < -0.4 is 5.32 Å². The van der Waals surface area contributed by atoms with Crippen molar-refractivity contribution in [3.8, 4) is 0 Å². The Morgan fingerprint density at radius 3 is 2.85 bits per heavy atom. The number of nitrogens with one attached hydrogen (secondary N) is 1. The predicted octanol–water partition coefficient (Wildman–Crippen LogP) is 2.32. The fraction of sp³-hybridized carbons (Fsp3) is 0.600. The van der Waals surface area contributed by atoms with E-state index in [0.717, 1.165) is 24.3 Å². The fourth-order valence-electron chi connectivity index (χ4n) is 1.88. The van der Waals surface area contributed by atoms with Gasteiger partial charge < -0.3 is 15.0 Å². The minimum absolute atomic E-state index is 0.0211. The number of methoxy groups -OCH3 is 1. The summed E-state index contributed by atoms with van der Waals surface area (Å²) in [6, 6.07) is 1.94. The van der Waals surface area contributed by atoms with Gasteiger partial charge in [0.05, 0.1) is 23.9 Å². The molecule has 0 saturated carbocycles. The quantitative estimate of drug-likeness (QED) is 0.832. The highest BCUT2D eigenvalue weighted by atomic mass is 16.5. The lowest BCUT2D eigenvalue weighted by atomic mass is 10.1. The van der Waals surface area contributed by atoms with Crippen LogP contribution in [0.4, 0.5) is 5.69 Å². The lowest BCUT2D eigenvalue weighted by molar-refractivity contribution is 0.0634. The van der Waals surface area contributed by atoms with E-state index in [1.807, 2.05) is 19.9 Å². The van der Waals surface area contributed by atoms with E-state index in [1.54, 1.807) is 25.3 Å². The predicted molar refractivity (Wildman–Crippen MR) is 81.2 cm³/mol. The average Bonchev–Trinajstić information content (AvgIpc) is 2.44. The van der Waals surface area contributed by atoms with Gasteiger partial charge in [-0.3, -0.25) is 9.78 Å². The molecule has 20 heavy (non-hydrogen) atoms. The maximum atomic E-state index is 12.5. The van der Waals surface area contributed by atoms with Crippen molar-refractivity contribution in [1.82, 2.24) is 9.88 Å². The van der Waals surface area contributed by atoms with Crippen LogP contribution in [-0.4, -0.2) is 49.1 Å². The lowest BCUT2D eigenvalue weighted by Crippen LogP contribution is -2.38. The van der Waals surface area contributed by atoms with Crippen LogP contribution in [0.1, 0.15) is 36.3 Å². The number of pyridine rings is 1. The molecule has 1 N–H and O–H groups in total. The van der Waals surface area contributed by atoms with Crippen molar-refractivity contribution in [1.29, 1.82) is 0 Å². The molecule has 0 aliphatic rings. The summed E-state index contributed by atoms with van der Waals surface area (Å²) in [6.07, 6.45) is 2.65. The third-order valence-electron chi connectivity index (χ3n) is 3.23. The van der Waals surface area contributed by atoms with Gasteiger partial charge in [0.25, 0.3) is 5.91 Å². The van der Waals surface area contributed by atoms with Gasteiger partial charge in [-0.25, -0.2) is 0 Å². The van der Waals surface area contributed by atoms with Crippen molar-refractivity contribution in [3.05, 3.63) is 23.5 Å². The zero-order valence-electron chi connectivity index (χ0n) is 13.1. The van der Waals surface area contributed by atoms with Crippen molar-refractivity contribution >= 4 is 11.6 Å². The molecule has 1 rings (SSSR count). The lowest BCUT2D eigenvalue weighted by Gasteiger charge is -2.25. The smallest absolute Gasteiger partial charge is 0.257 e. The van der Waals surface area contributed by atoms with Crippen LogP contribution in [-0.2, 0) is 4.74 Å². The number of aryl methyl sites for hydroxylation is 1. The molecule has 0 aliphatic carbocycles. The zero-order chi connectivity index (χ0) is 15.1. The number of nitrogens with zero attached hydrogens (tertiary/aromatic N) is 2. The molecule has 0 aliphatic heterocycles. The summed E-state index contributed by atoms with van der Waals surface area (Å²) < 4.78 is 5.10. The number of aromatic nitrogens is 1. The molecule has 1 heterocycles. The first-order valence-electron chi connectivity index (χ1n) is 6.97.